The molecule has 2 saturated carbocycles. The molecule has 4 nitrogen and oxygen atoms in total. The molecule has 0 heterocycles. The minimum Gasteiger partial charge on any atom is -0.327 e. The highest BCUT2D eigenvalue weighted by Crippen LogP contribution is 2.64. The topological polar surface area (TPSA) is 86.2 Å². The fraction of sp³-hybridized carbons (Fsp3) is 0.625. The fourth-order valence-electron chi connectivity index (χ4n) is 3.88. The summed E-state index contributed by atoms with van der Waals surface area (Å²) in [4.78, 5) is 0.148. The molecule has 1 aromatic carbocycles. The fourth-order valence-corrected chi connectivity index (χ4v) is 4.41. The minimum absolute atomic E-state index is 0.148. The first-order valence-electron chi connectivity index (χ1n) is 7.42. The van der Waals surface area contributed by atoms with Gasteiger partial charge in [0, 0.05) is 6.04 Å². The molecule has 1 aromatic rings. The summed E-state index contributed by atoms with van der Waals surface area (Å²) in [6.07, 6.45) is 4.03. The maximum Gasteiger partial charge on any atom is 0.238 e. The van der Waals surface area contributed by atoms with Crippen molar-refractivity contribution < 1.29 is 8.42 Å². The van der Waals surface area contributed by atoms with E-state index in [1.165, 1.54) is 31.4 Å². The van der Waals surface area contributed by atoms with Crippen LogP contribution in [0.1, 0.15) is 40.0 Å². The SMILES string of the molecule is CC1(C)C2CC[C@]1(C)C(N)C2.NS(=O)(=O)c1ccccc1. The van der Waals surface area contributed by atoms with Gasteiger partial charge < -0.3 is 5.73 Å². The third-order valence-corrected chi connectivity index (χ3v) is 6.86. The van der Waals surface area contributed by atoms with Gasteiger partial charge in [-0.15, -0.1) is 0 Å². The Hall–Kier alpha value is -0.910. The number of primary sulfonamides is 1. The van der Waals surface area contributed by atoms with Crippen LogP contribution in [0.3, 0.4) is 0 Å². The number of benzene rings is 1. The molecule has 0 amide bonds. The maximum absolute atomic E-state index is 10.6. The van der Waals surface area contributed by atoms with Gasteiger partial charge in [-0.1, -0.05) is 39.0 Å². The second-order valence-corrected chi connectivity index (χ2v) is 8.64. The van der Waals surface area contributed by atoms with Crippen molar-refractivity contribution in [3.05, 3.63) is 30.3 Å². The van der Waals surface area contributed by atoms with E-state index in [1.807, 2.05) is 0 Å². The van der Waals surface area contributed by atoms with Crippen LogP contribution in [-0.2, 0) is 10.0 Å². The summed E-state index contributed by atoms with van der Waals surface area (Å²) < 4.78 is 21.2. The normalized spacial score (nSPS) is 33.4. The molecule has 0 spiro atoms. The molecular weight excluding hydrogens is 284 g/mol. The molecule has 118 valence electrons. The Balaban J connectivity index is 0.000000155. The zero-order valence-electron chi connectivity index (χ0n) is 13.0. The summed E-state index contributed by atoms with van der Waals surface area (Å²) in [7, 11) is -3.50. The summed E-state index contributed by atoms with van der Waals surface area (Å²) >= 11 is 0. The molecular formula is C16H26N2O2S. The van der Waals surface area contributed by atoms with Crippen LogP contribution in [0.15, 0.2) is 35.2 Å². The summed E-state index contributed by atoms with van der Waals surface area (Å²) in [6.45, 7) is 7.18. The van der Waals surface area contributed by atoms with E-state index >= 15 is 0 Å². The lowest BCUT2D eigenvalue weighted by atomic mass is 9.69. The van der Waals surface area contributed by atoms with Crippen LogP contribution in [0.25, 0.3) is 0 Å². The van der Waals surface area contributed by atoms with E-state index in [-0.39, 0.29) is 4.90 Å². The molecule has 0 saturated heterocycles. The van der Waals surface area contributed by atoms with Crippen molar-refractivity contribution in [2.75, 3.05) is 0 Å². The lowest BCUT2D eigenvalue weighted by Crippen LogP contribution is -2.40. The van der Waals surface area contributed by atoms with E-state index < -0.39 is 10.0 Å². The highest BCUT2D eigenvalue weighted by Gasteiger charge is 2.59. The van der Waals surface area contributed by atoms with Crippen LogP contribution < -0.4 is 10.9 Å². The van der Waals surface area contributed by atoms with Gasteiger partial charge in [0.1, 0.15) is 0 Å². The first-order valence-corrected chi connectivity index (χ1v) is 8.97. The van der Waals surface area contributed by atoms with Crippen molar-refractivity contribution in [2.24, 2.45) is 27.6 Å². The van der Waals surface area contributed by atoms with Crippen molar-refractivity contribution in [3.63, 3.8) is 0 Å². The number of fused-ring (bicyclic) bond motifs is 2. The summed E-state index contributed by atoms with van der Waals surface area (Å²) in [6, 6.07) is 8.36. The van der Waals surface area contributed by atoms with Gasteiger partial charge in [-0.25, -0.2) is 13.6 Å². The zero-order valence-corrected chi connectivity index (χ0v) is 13.9. The van der Waals surface area contributed by atoms with Crippen LogP contribution in [-0.4, -0.2) is 14.5 Å². The van der Waals surface area contributed by atoms with Gasteiger partial charge in [-0.2, -0.15) is 0 Å². The lowest BCUT2D eigenvalue weighted by molar-refractivity contribution is 0.136. The third kappa shape index (κ3) is 2.87. The Labute approximate surface area is 128 Å². The Kier molecular flexibility index (Phi) is 4.21. The van der Waals surface area contributed by atoms with Gasteiger partial charge in [0.2, 0.25) is 10.0 Å². The van der Waals surface area contributed by atoms with Crippen molar-refractivity contribution in [3.8, 4) is 0 Å². The summed E-state index contributed by atoms with van der Waals surface area (Å²) in [5.74, 6) is 0.905. The average Bonchev–Trinajstić information content (AvgIpc) is 2.73. The highest BCUT2D eigenvalue weighted by molar-refractivity contribution is 7.89. The van der Waals surface area contributed by atoms with E-state index in [2.05, 4.69) is 20.8 Å². The zero-order chi connectivity index (χ0) is 15.9. The Morgan fingerprint density at radius 3 is 1.95 bits per heavy atom. The molecule has 2 unspecified atom stereocenters. The number of sulfonamides is 1. The lowest BCUT2D eigenvalue weighted by Gasteiger charge is -2.37. The molecule has 2 aliphatic rings. The molecule has 2 bridgehead atoms. The van der Waals surface area contributed by atoms with Crippen LogP contribution in [0, 0.1) is 16.7 Å². The van der Waals surface area contributed by atoms with Crippen molar-refractivity contribution >= 4 is 10.0 Å². The Bertz CT molecular complexity index is 598. The number of rotatable bonds is 1. The largest absolute Gasteiger partial charge is 0.327 e. The van der Waals surface area contributed by atoms with Crippen molar-refractivity contribution in [1.82, 2.24) is 0 Å². The summed E-state index contributed by atoms with van der Waals surface area (Å²) in [5.41, 5.74) is 7.08. The first-order chi connectivity index (χ1) is 9.59. The molecule has 3 atom stereocenters. The molecule has 0 aromatic heterocycles. The first kappa shape index (κ1) is 16.5. The molecule has 2 aliphatic carbocycles. The van der Waals surface area contributed by atoms with E-state index in [9.17, 15) is 8.42 Å². The highest BCUT2D eigenvalue weighted by atomic mass is 32.2. The molecule has 21 heavy (non-hydrogen) atoms. The van der Waals surface area contributed by atoms with Gasteiger partial charge in [-0.3, -0.25) is 0 Å². The van der Waals surface area contributed by atoms with Gasteiger partial charge in [0.25, 0.3) is 0 Å². The molecule has 4 N–H and O–H groups in total. The standard InChI is InChI=1S/C10H19N.C6H7NO2S/c1-9(2)7-4-5-10(9,3)8(11)6-7;7-10(8,9)6-4-2-1-3-5-6/h7-8H,4-6,11H2,1-3H3;1-5H,(H2,7,8,9)/t7?,8?,10-;/m1./s1. The summed E-state index contributed by atoms with van der Waals surface area (Å²) in [5, 5.41) is 4.83. The van der Waals surface area contributed by atoms with Gasteiger partial charge >= 0.3 is 0 Å². The van der Waals surface area contributed by atoms with E-state index in [0.717, 1.165) is 5.92 Å². The molecule has 0 aliphatic heterocycles. The third-order valence-electron chi connectivity index (χ3n) is 5.93. The molecule has 3 rings (SSSR count). The number of nitrogens with two attached hydrogens (primary N) is 2. The monoisotopic (exact) mass is 310 g/mol. The molecule has 2 fully saturated rings. The van der Waals surface area contributed by atoms with Crippen molar-refractivity contribution in [2.45, 2.75) is 51.0 Å². The van der Waals surface area contributed by atoms with E-state index in [1.54, 1.807) is 18.2 Å². The van der Waals surface area contributed by atoms with Gasteiger partial charge in [0.05, 0.1) is 4.90 Å². The van der Waals surface area contributed by atoms with Gasteiger partial charge in [0.15, 0.2) is 0 Å². The Morgan fingerprint density at radius 1 is 1.14 bits per heavy atom. The minimum atomic E-state index is -3.50. The number of hydrogen-bond donors (Lipinski definition) is 2. The van der Waals surface area contributed by atoms with Crippen molar-refractivity contribution in [1.29, 1.82) is 0 Å². The average molecular weight is 310 g/mol. The van der Waals surface area contributed by atoms with Crippen LogP contribution >= 0.6 is 0 Å². The van der Waals surface area contributed by atoms with Crippen LogP contribution in [0.4, 0.5) is 0 Å². The second-order valence-electron chi connectivity index (χ2n) is 7.08. The Morgan fingerprint density at radius 2 is 1.71 bits per heavy atom. The van der Waals surface area contributed by atoms with Gasteiger partial charge in [-0.05, 0) is 48.1 Å². The van der Waals surface area contributed by atoms with E-state index in [4.69, 9.17) is 10.9 Å². The van der Waals surface area contributed by atoms with Crippen LogP contribution in [0.2, 0.25) is 0 Å². The number of hydrogen-bond acceptors (Lipinski definition) is 3. The smallest absolute Gasteiger partial charge is 0.238 e. The quantitative estimate of drug-likeness (QED) is 0.835. The molecule has 5 heteroatoms. The second kappa shape index (κ2) is 5.38. The predicted molar refractivity (Wildman–Crippen MR) is 85.0 cm³/mol. The maximum atomic E-state index is 10.6. The molecule has 0 radical (unpaired) electrons. The van der Waals surface area contributed by atoms with Crippen LogP contribution in [0.5, 0.6) is 0 Å². The predicted octanol–water partition coefficient (Wildman–Crippen LogP) is 2.49. The van der Waals surface area contributed by atoms with E-state index in [0.29, 0.717) is 16.9 Å².